The molecule has 190 valence electrons. The number of nitrogens with one attached hydrogen (secondary N) is 1. The molecule has 4 heterocycles. The monoisotopic (exact) mass is 504 g/mol. The van der Waals surface area contributed by atoms with E-state index in [-0.39, 0.29) is 24.6 Å². The Balaban J connectivity index is 1.51. The van der Waals surface area contributed by atoms with Crippen molar-refractivity contribution < 1.29 is 23.8 Å². The molecule has 2 aromatic rings. The van der Waals surface area contributed by atoms with Gasteiger partial charge in [-0.25, -0.2) is 9.78 Å². The van der Waals surface area contributed by atoms with Crippen LogP contribution >= 0.6 is 11.8 Å². The third kappa shape index (κ3) is 5.66. The number of ether oxygens (including phenoxy) is 1. The van der Waals surface area contributed by atoms with Crippen molar-refractivity contribution in [2.45, 2.75) is 76.2 Å². The van der Waals surface area contributed by atoms with E-state index >= 15 is 0 Å². The maximum Gasteiger partial charge on any atom is 0.410 e. The maximum atomic E-state index is 13.1. The van der Waals surface area contributed by atoms with E-state index in [1.807, 2.05) is 6.20 Å². The predicted molar refractivity (Wildman–Crippen MR) is 130 cm³/mol. The highest BCUT2D eigenvalue weighted by molar-refractivity contribution is 7.99. The lowest BCUT2D eigenvalue weighted by Crippen LogP contribution is -2.48. The van der Waals surface area contributed by atoms with Crippen LogP contribution in [0, 0.1) is 6.92 Å². The lowest BCUT2D eigenvalue weighted by atomic mass is 9.73. The van der Waals surface area contributed by atoms with Crippen molar-refractivity contribution in [1.29, 1.82) is 0 Å². The van der Waals surface area contributed by atoms with E-state index in [1.165, 1.54) is 6.07 Å². The van der Waals surface area contributed by atoms with Gasteiger partial charge in [-0.05, 0) is 40.5 Å². The van der Waals surface area contributed by atoms with Crippen molar-refractivity contribution in [3.8, 4) is 5.75 Å². The molecule has 2 amide bonds. The fourth-order valence-electron chi connectivity index (χ4n) is 4.50. The average molecular weight is 505 g/mol. The molecule has 2 aliphatic rings. The molecule has 0 atom stereocenters. The summed E-state index contributed by atoms with van der Waals surface area (Å²) in [6.07, 6.45) is 2.16. The molecule has 0 bridgehead atoms. The van der Waals surface area contributed by atoms with Gasteiger partial charge in [0.25, 0.3) is 0 Å². The summed E-state index contributed by atoms with van der Waals surface area (Å²) in [5.74, 6) is 0.709. The third-order valence-corrected chi connectivity index (χ3v) is 7.19. The van der Waals surface area contributed by atoms with E-state index in [0.717, 1.165) is 23.1 Å². The summed E-state index contributed by atoms with van der Waals surface area (Å²) in [4.78, 5) is 44.1. The first-order valence-electron chi connectivity index (χ1n) is 11.7. The number of rotatable bonds is 5. The Morgan fingerprint density at radius 3 is 2.66 bits per heavy atom. The van der Waals surface area contributed by atoms with Crippen molar-refractivity contribution >= 4 is 23.8 Å². The molecule has 4 rings (SSSR count). The van der Waals surface area contributed by atoms with Crippen molar-refractivity contribution in [3.63, 3.8) is 0 Å². The van der Waals surface area contributed by atoms with Crippen molar-refractivity contribution in [1.82, 2.24) is 19.8 Å². The summed E-state index contributed by atoms with van der Waals surface area (Å²) in [5, 5.41) is 14.5. The molecule has 11 heteroatoms. The van der Waals surface area contributed by atoms with Crippen molar-refractivity contribution in [2.24, 2.45) is 0 Å². The molecule has 1 saturated heterocycles. The molecule has 10 nitrogen and oxygen atoms in total. The Labute approximate surface area is 208 Å². The number of carbonyl (C=O) groups excluding carboxylic acids is 2. The number of carbonyl (C=O) groups is 2. The molecule has 0 aliphatic carbocycles. The summed E-state index contributed by atoms with van der Waals surface area (Å²) >= 11 is 1.69. The highest BCUT2D eigenvalue weighted by Crippen LogP contribution is 2.42. The van der Waals surface area contributed by atoms with E-state index in [1.54, 1.807) is 44.4 Å². The number of hydrogen-bond acceptors (Lipinski definition) is 8. The SMILES string of the molecule is Cc1cc(=O)c(O)c(C2(CC(=O)NCc3cn4c(n3)SCC4)CCN(C(=O)OC(C)(C)C)CC2)o1. The summed E-state index contributed by atoms with van der Waals surface area (Å²) in [5.41, 5.74) is -1.34. The van der Waals surface area contributed by atoms with Crippen molar-refractivity contribution in [2.75, 3.05) is 18.8 Å². The quantitative estimate of drug-likeness (QED) is 0.636. The van der Waals surface area contributed by atoms with Gasteiger partial charge in [-0.2, -0.15) is 0 Å². The zero-order valence-electron chi connectivity index (χ0n) is 20.5. The summed E-state index contributed by atoms with van der Waals surface area (Å²) in [6.45, 7) is 8.81. The van der Waals surface area contributed by atoms with Crippen LogP contribution in [-0.2, 0) is 28.0 Å². The fourth-order valence-corrected chi connectivity index (χ4v) is 5.46. The molecular formula is C24H32N4O6S. The number of aromatic hydroxyl groups is 1. The molecule has 0 aromatic carbocycles. The Morgan fingerprint density at radius 2 is 2.00 bits per heavy atom. The minimum absolute atomic E-state index is 0.00255. The van der Waals surface area contributed by atoms with Gasteiger partial charge in [0.05, 0.1) is 12.2 Å². The zero-order valence-corrected chi connectivity index (χ0v) is 21.4. The topological polar surface area (TPSA) is 127 Å². The van der Waals surface area contributed by atoms with Gasteiger partial charge >= 0.3 is 6.09 Å². The molecule has 0 saturated carbocycles. The summed E-state index contributed by atoms with van der Waals surface area (Å²) in [6, 6.07) is 1.22. The minimum atomic E-state index is -0.941. The second-order valence-electron chi connectivity index (χ2n) is 10.2. The van der Waals surface area contributed by atoms with E-state index in [0.29, 0.717) is 31.7 Å². The molecule has 0 unspecified atom stereocenters. The number of imidazole rings is 1. The minimum Gasteiger partial charge on any atom is -0.502 e. The van der Waals surface area contributed by atoms with Crippen molar-refractivity contribution in [3.05, 3.63) is 39.7 Å². The van der Waals surface area contributed by atoms with Gasteiger partial charge < -0.3 is 29.0 Å². The van der Waals surface area contributed by atoms with Gasteiger partial charge in [-0.3, -0.25) is 9.59 Å². The standard InChI is InChI=1S/C24H32N4O6S/c1-15-11-17(29)19(31)20(33-15)24(5-7-27(8-6-24)22(32)34-23(2,3)4)12-18(30)25-13-16-14-28-9-10-35-21(28)26-16/h11,14,31H,5-10,12-13H2,1-4H3,(H,25,30). The lowest BCUT2D eigenvalue weighted by molar-refractivity contribution is -0.123. The van der Waals surface area contributed by atoms with E-state index in [4.69, 9.17) is 9.15 Å². The van der Waals surface area contributed by atoms with Gasteiger partial charge in [-0.15, -0.1) is 0 Å². The van der Waals surface area contributed by atoms with Crippen LogP contribution in [0.2, 0.25) is 0 Å². The molecule has 0 radical (unpaired) electrons. The van der Waals surface area contributed by atoms with E-state index in [9.17, 15) is 19.5 Å². The number of amides is 2. The predicted octanol–water partition coefficient (Wildman–Crippen LogP) is 2.93. The van der Waals surface area contributed by atoms with Gasteiger partial charge in [0.1, 0.15) is 11.4 Å². The number of likely N-dealkylation sites (tertiary alicyclic amines) is 1. The first-order valence-corrected chi connectivity index (χ1v) is 12.7. The van der Waals surface area contributed by atoms with Crippen LogP contribution in [0.15, 0.2) is 26.6 Å². The first-order chi connectivity index (χ1) is 16.5. The van der Waals surface area contributed by atoms with E-state index in [2.05, 4.69) is 14.9 Å². The van der Waals surface area contributed by atoms with Crippen LogP contribution in [0.4, 0.5) is 4.79 Å². The largest absolute Gasteiger partial charge is 0.502 e. The maximum absolute atomic E-state index is 13.1. The molecule has 1 fully saturated rings. The van der Waals surface area contributed by atoms with Crippen LogP contribution in [0.3, 0.4) is 0 Å². The number of thioether (sulfide) groups is 1. The highest BCUT2D eigenvalue weighted by atomic mass is 32.2. The first kappa shape index (κ1) is 25.2. The number of piperidine rings is 1. The summed E-state index contributed by atoms with van der Waals surface area (Å²) < 4.78 is 13.4. The Morgan fingerprint density at radius 1 is 1.29 bits per heavy atom. The third-order valence-electron chi connectivity index (χ3n) is 6.22. The number of nitrogens with zero attached hydrogens (tertiary/aromatic N) is 3. The van der Waals surface area contributed by atoms with Crippen LogP contribution in [0.5, 0.6) is 5.75 Å². The van der Waals surface area contributed by atoms with Gasteiger partial charge in [-0.1, -0.05) is 11.8 Å². The number of aromatic nitrogens is 2. The number of fused-ring (bicyclic) bond motifs is 1. The van der Waals surface area contributed by atoms with E-state index < -0.39 is 28.3 Å². The Bertz CT molecular complexity index is 1150. The van der Waals surface area contributed by atoms with Crippen LogP contribution in [-0.4, -0.2) is 56.0 Å². The average Bonchev–Trinajstić information content (AvgIpc) is 3.36. The van der Waals surface area contributed by atoms with Gasteiger partial charge in [0.15, 0.2) is 10.9 Å². The van der Waals surface area contributed by atoms with Crippen LogP contribution in [0.1, 0.15) is 57.2 Å². The number of hydrogen-bond donors (Lipinski definition) is 2. The molecule has 2 aromatic heterocycles. The highest BCUT2D eigenvalue weighted by Gasteiger charge is 2.44. The molecule has 0 spiro atoms. The molecular weight excluding hydrogens is 472 g/mol. The molecule has 2 N–H and O–H groups in total. The summed E-state index contributed by atoms with van der Waals surface area (Å²) in [7, 11) is 0. The Hall–Kier alpha value is -2.95. The smallest absolute Gasteiger partial charge is 0.410 e. The molecule has 35 heavy (non-hydrogen) atoms. The Kier molecular flexibility index (Phi) is 6.90. The lowest BCUT2D eigenvalue weighted by Gasteiger charge is -2.41. The van der Waals surface area contributed by atoms with Gasteiger partial charge in [0, 0.05) is 49.5 Å². The zero-order chi connectivity index (χ0) is 25.4. The second-order valence-corrected chi connectivity index (χ2v) is 11.2. The second kappa shape index (κ2) is 9.60. The van der Waals surface area contributed by atoms with Crippen LogP contribution < -0.4 is 10.7 Å². The molecule has 2 aliphatic heterocycles. The van der Waals surface area contributed by atoms with Gasteiger partial charge in [0.2, 0.25) is 17.1 Å². The van der Waals surface area contributed by atoms with Crippen LogP contribution in [0.25, 0.3) is 0 Å². The normalized spacial score (nSPS) is 17.2. The number of aryl methyl sites for hydroxylation is 2. The fraction of sp³-hybridized carbons (Fsp3) is 0.583.